The SMILES string of the molecule is Cc1ccc(S(=O)(=O)N/N=C/c2ccc(COc3ccccc3C)o2)cc1. The number of nitrogens with zero attached hydrogens (tertiary/aromatic N) is 1. The van der Waals surface area contributed by atoms with Crippen LogP contribution in [0.1, 0.15) is 22.6 Å². The molecule has 0 fully saturated rings. The number of hydrogen-bond donors (Lipinski definition) is 1. The Morgan fingerprint density at radius 2 is 1.78 bits per heavy atom. The van der Waals surface area contributed by atoms with E-state index in [1.165, 1.54) is 18.3 Å². The van der Waals surface area contributed by atoms with E-state index in [0.29, 0.717) is 11.5 Å². The number of ether oxygens (including phenoxy) is 1. The summed E-state index contributed by atoms with van der Waals surface area (Å²) in [4.78, 5) is 2.32. The number of furan rings is 1. The third-order valence-electron chi connectivity index (χ3n) is 3.84. The highest BCUT2D eigenvalue weighted by atomic mass is 32.2. The Balaban J connectivity index is 1.58. The van der Waals surface area contributed by atoms with Gasteiger partial charge in [0.25, 0.3) is 10.0 Å². The first-order valence-electron chi connectivity index (χ1n) is 8.33. The van der Waals surface area contributed by atoms with Gasteiger partial charge in [-0.15, -0.1) is 0 Å². The van der Waals surface area contributed by atoms with Gasteiger partial charge in [-0.25, -0.2) is 0 Å². The molecule has 0 saturated heterocycles. The lowest BCUT2D eigenvalue weighted by Crippen LogP contribution is -2.18. The summed E-state index contributed by atoms with van der Waals surface area (Å²) >= 11 is 0. The molecule has 0 radical (unpaired) electrons. The van der Waals surface area contributed by atoms with Crippen molar-refractivity contribution >= 4 is 16.2 Å². The summed E-state index contributed by atoms with van der Waals surface area (Å²) in [7, 11) is -3.71. The Kier molecular flexibility index (Phi) is 5.61. The number of sulfonamides is 1. The van der Waals surface area contributed by atoms with E-state index in [0.717, 1.165) is 16.9 Å². The quantitative estimate of drug-likeness (QED) is 0.496. The maximum Gasteiger partial charge on any atom is 0.276 e. The summed E-state index contributed by atoms with van der Waals surface area (Å²) < 4.78 is 35.6. The van der Waals surface area contributed by atoms with E-state index in [-0.39, 0.29) is 11.5 Å². The predicted octanol–water partition coefficient (Wildman–Crippen LogP) is 3.79. The summed E-state index contributed by atoms with van der Waals surface area (Å²) in [6.45, 7) is 4.13. The number of benzene rings is 2. The van der Waals surface area contributed by atoms with E-state index >= 15 is 0 Å². The second-order valence-corrected chi connectivity index (χ2v) is 7.69. The van der Waals surface area contributed by atoms with Crippen molar-refractivity contribution < 1.29 is 17.6 Å². The van der Waals surface area contributed by atoms with E-state index in [9.17, 15) is 8.42 Å². The number of rotatable bonds is 7. The molecule has 0 amide bonds. The first-order chi connectivity index (χ1) is 12.9. The van der Waals surface area contributed by atoms with Crippen LogP contribution < -0.4 is 9.57 Å². The lowest BCUT2D eigenvalue weighted by molar-refractivity contribution is 0.268. The highest BCUT2D eigenvalue weighted by molar-refractivity contribution is 7.89. The Bertz CT molecular complexity index is 1040. The van der Waals surface area contributed by atoms with E-state index in [1.54, 1.807) is 24.3 Å². The minimum Gasteiger partial charge on any atom is -0.485 e. The van der Waals surface area contributed by atoms with Crippen LogP contribution in [0.3, 0.4) is 0 Å². The number of hydrogen-bond acceptors (Lipinski definition) is 5. The molecule has 27 heavy (non-hydrogen) atoms. The van der Waals surface area contributed by atoms with Gasteiger partial charge in [-0.05, 0) is 49.7 Å². The van der Waals surface area contributed by atoms with Crippen molar-refractivity contribution in [2.75, 3.05) is 0 Å². The minimum absolute atomic E-state index is 0.150. The van der Waals surface area contributed by atoms with Gasteiger partial charge in [0, 0.05) is 0 Å². The van der Waals surface area contributed by atoms with Crippen LogP contribution in [-0.2, 0) is 16.6 Å². The largest absolute Gasteiger partial charge is 0.485 e. The average Bonchev–Trinajstić information content (AvgIpc) is 3.09. The lowest BCUT2D eigenvalue weighted by atomic mass is 10.2. The van der Waals surface area contributed by atoms with Crippen LogP contribution >= 0.6 is 0 Å². The predicted molar refractivity (Wildman–Crippen MR) is 103 cm³/mol. The Morgan fingerprint density at radius 1 is 1.04 bits per heavy atom. The smallest absolute Gasteiger partial charge is 0.276 e. The average molecular weight is 384 g/mol. The molecule has 1 aromatic heterocycles. The number of para-hydroxylation sites is 1. The van der Waals surface area contributed by atoms with Crippen LogP contribution in [0, 0.1) is 13.8 Å². The molecule has 0 aliphatic carbocycles. The first-order valence-corrected chi connectivity index (χ1v) is 9.81. The molecule has 1 N–H and O–H groups in total. The van der Waals surface area contributed by atoms with Crippen molar-refractivity contribution in [3.05, 3.63) is 83.3 Å². The fourth-order valence-corrected chi connectivity index (χ4v) is 3.13. The highest BCUT2D eigenvalue weighted by Gasteiger charge is 2.12. The van der Waals surface area contributed by atoms with Crippen LogP contribution in [-0.4, -0.2) is 14.6 Å². The molecule has 7 heteroatoms. The monoisotopic (exact) mass is 384 g/mol. The summed E-state index contributed by atoms with van der Waals surface area (Å²) in [6.07, 6.45) is 1.31. The molecule has 0 unspecified atom stereocenters. The normalized spacial score (nSPS) is 11.6. The molecule has 6 nitrogen and oxygen atoms in total. The van der Waals surface area contributed by atoms with Crippen LogP contribution in [0.4, 0.5) is 0 Å². The molecular weight excluding hydrogens is 364 g/mol. The van der Waals surface area contributed by atoms with Crippen molar-refractivity contribution in [3.63, 3.8) is 0 Å². The number of hydrazone groups is 1. The summed E-state index contributed by atoms with van der Waals surface area (Å²) in [5.41, 5.74) is 2.02. The zero-order chi connectivity index (χ0) is 19.3. The van der Waals surface area contributed by atoms with Gasteiger partial charge in [0.2, 0.25) is 0 Å². The van der Waals surface area contributed by atoms with Gasteiger partial charge in [0.05, 0.1) is 11.1 Å². The molecule has 1 heterocycles. The molecule has 3 rings (SSSR count). The second kappa shape index (κ2) is 8.09. The molecule has 0 saturated carbocycles. The molecule has 2 aromatic carbocycles. The molecule has 140 valence electrons. The Morgan fingerprint density at radius 3 is 2.52 bits per heavy atom. The molecule has 0 aliphatic heterocycles. The van der Waals surface area contributed by atoms with Crippen molar-refractivity contribution in [2.45, 2.75) is 25.3 Å². The van der Waals surface area contributed by atoms with E-state index < -0.39 is 10.0 Å². The topological polar surface area (TPSA) is 80.9 Å². The Hall–Kier alpha value is -3.06. The van der Waals surface area contributed by atoms with Crippen LogP contribution in [0.25, 0.3) is 0 Å². The van der Waals surface area contributed by atoms with Gasteiger partial charge in [-0.2, -0.15) is 18.4 Å². The molecule has 3 aromatic rings. The van der Waals surface area contributed by atoms with Crippen LogP contribution in [0.5, 0.6) is 5.75 Å². The number of nitrogens with one attached hydrogen (secondary N) is 1. The van der Waals surface area contributed by atoms with E-state index in [4.69, 9.17) is 9.15 Å². The second-order valence-electron chi connectivity index (χ2n) is 6.02. The van der Waals surface area contributed by atoms with Gasteiger partial charge in [-0.1, -0.05) is 35.9 Å². The van der Waals surface area contributed by atoms with E-state index in [2.05, 4.69) is 9.93 Å². The van der Waals surface area contributed by atoms with Crippen LogP contribution in [0.2, 0.25) is 0 Å². The van der Waals surface area contributed by atoms with Gasteiger partial charge < -0.3 is 9.15 Å². The van der Waals surface area contributed by atoms with Gasteiger partial charge >= 0.3 is 0 Å². The van der Waals surface area contributed by atoms with Crippen molar-refractivity contribution in [1.29, 1.82) is 0 Å². The molecule has 0 aliphatic rings. The zero-order valence-corrected chi connectivity index (χ0v) is 15.9. The summed E-state index contributed by atoms with van der Waals surface area (Å²) in [6, 6.07) is 17.7. The fourth-order valence-electron chi connectivity index (χ4n) is 2.34. The molecular formula is C20H20N2O4S. The molecule has 0 spiro atoms. The van der Waals surface area contributed by atoms with Crippen LogP contribution in [0.15, 0.2) is 75.1 Å². The fraction of sp³-hybridized carbons (Fsp3) is 0.150. The maximum atomic E-state index is 12.2. The van der Waals surface area contributed by atoms with Gasteiger partial charge in [0.15, 0.2) is 0 Å². The summed E-state index contributed by atoms with van der Waals surface area (Å²) in [5.74, 6) is 1.82. The molecule has 0 bridgehead atoms. The first kappa shape index (κ1) is 18.7. The summed E-state index contributed by atoms with van der Waals surface area (Å²) in [5, 5.41) is 3.76. The van der Waals surface area contributed by atoms with Gasteiger partial charge in [-0.3, -0.25) is 0 Å². The Labute approximate surface area is 158 Å². The van der Waals surface area contributed by atoms with Gasteiger partial charge in [0.1, 0.15) is 23.9 Å². The van der Waals surface area contributed by atoms with E-state index in [1.807, 2.05) is 38.1 Å². The van der Waals surface area contributed by atoms with Crippen molar-refractivity contribution in [2.24, 2.45) is 5.10 Å². The maximum absolute atomic E-state index is 12.2. The minimum atomic E-state index is -3.71. The third kappa shape index (κ3) is 4.98. The van der Waals surface area contributed by atoms with Crippen molar-refractivity contribution in [3.8, 4) is 5.75 Å². The highest BCUT2D eigenvalue weighted by Crippen LogP contribution is 2.18. The zero-order valence-electron chi connectivity index (χ0n) is 15.0. The number of aryl methyl sites for hydroxylation is 2. The lowest BCUT2D eigenvalue weighted by Gasteiger charge is -2.06. The van der Waals surface area contributed by atoms with Crippen molar-refractivity contribution in [1.82, 2.24) is 4.83 Å². The third-order valence-corrected chi connectivity index (χ3v) is 5.08. The molecule has 0 atom stereocenters. The standard InChI is InChI=1S/C20H20N2O4S/c1-15-7-11-19(12-8-15)27(23,24)22-21-13-17-9-10-18(26-17)14-25-20-6-4-3-5-16(20)2/h3-13,22H,14H2,1-2H3/b21-13+.